The van der Waals surface area contributed by atoms with Crippen molar-refractivity contribution >= 4 is 11.6 Å². The lowest BCUT2D eigenvalue weighted by molar-refractivity contribution is 0.0925. The topological polar surface area (TPSA) is 12.5 Å². The average molecular weight is 350 g/mol. The second-order valence-corrected chi connectivity index (χ2v) is 8.33. The number of methoxy groups -OCH3 is 1. The normalized spacial score (nSPS) is 20.2. The van der Waals surface area contributed by atoms with E-state index in [0.717, 1.165) is 18.1 Å². The van der Waals surface area contributed by atoms with Crippen LogP contribution in [-0.4, -0.2) is 37.2 Å². The lowest BCUT2D eigenvalue weighted by atomic mass is 9.78. The summed E-state index contributed by atoms with van der Waals surface area (Å²) in [5, 5.41) is 0.801. The summed E-state index contributed by atoms with van der Waals surface area (Å²) in [6.45, 7) is 11.1. The maximum atomic E-state index is 6.06. The van der Waals surface area contributed by atoms with Crippen LogP contribution < -0.4 is 0 Å². The van der Waals surface area contributed by atoms with Crippen LogP contribution in [0.3, 0.4) is 0 Å². The fraction of sp³-hybridized carbons (Fsp3) is 0.619. The van der Waals surface area contributed by atoms with Gasteiger partial charge in [-0.25, -0.2) is 0 Å². The molecule has 0 bridgehead atoms. The summed E-state index contributed by atoms with van der Waals surface area (Å²) < 4.78 is 5.46. The van der Waals surface area contributed by atoms with E-state index in [-0.39, 0.29) is 5.41 Å². The first-order valence-electron chi connectivity index (χ1n) is 8.99. The highest BCUT2D eigenvalue weighted by atomic mass is 35.5. The quantitative estimate of drug-likeness (QED) is 0.606. The lowest BCUT2D eigenvalue weighted by Crippen LogP contribution is -2.43. The highest BCUT2D eigenvalue weighted by molar-refractivity contribution is 6.30. The smallest absolute Gasteiger partial charge is 0.0618 e. The Morgan fingerprint density at radius 3 is 2.58 bits per heavy atom. The van der Waals surface area contributed by atoms with Crippen molar-refractivity contribution in [1.82, 2.24) is 4.90 Å². The summed E-state index contributed by atoms with van der Waals surface area (Å²) >= 11 is 6.06. The Hall–Kier alpha value is -0.830. The summed E-state index contributed by atoms with van der Waals surface area (Å²) in [6.07, 6.45) is 6.04. The molecule has 1 heterocycles. The van der Waals surface area contributed by atoms with E-state index in [1.54, 1.807) is 0 Å². The third-order valence-corrected chi connectivity index (χ3v) is 5.33. The minimum absolute atomic E-state index is 0.0986. The number of hydrogen-bond donors (Lipinski definition) is 0. The first-order chi connectivity index (χ1) is 11.3. The van der Waals surface area contributed by atoms with Gasteiger partial charge < -0.3 is 4.74 Å². The first-order valence-corrected chi connectivity index (χ1v) is 9.37. The largest absolute Gasteiger partial charge is 0.383 e. The van der Waals surface area contributed by atoms with Crippen molar-refractivity contribution in [2.75, 3.05) is 20.3 Å². The monoisotopic (exact) mass is 349 g/mol. The van der Waals surface area contributed by atoms with Crippen molar-refractivity contribution in [2.45, 2.75) is 64.5 Å². The molecule has 1 fully saturated rings. The molecule has 2 rings (SSSR count). The van der Waals surface area contributed by atoms with E-state index >= 15 is 0 Å². The van der Waals surface area contributed by atoms with Gasteiger partial charge in [0.1, 0.15) is 0 Å². The molecule has 1 aromatic carbocycles. The summed E-state index contributed by atoms with van der Waals surface area (Å²) in [5.74, 6) is 0. The Labute approximate surface area is 152 Å². The summed E-state index contributed by atoms with van der Waals surface area (Å²) in [4.78, 5) is 2.65. The Kier molecular flexibility index (Phi) is 6.91. The van der Waals surface area contributed by atoms with Gasteiger partial charge in [-0.2, -0.15) is 0 Å². The van der Waals surface area contributed by atoms with E-state index in [0.29, 0.717) is 12.1 Å². The first kappa shape index (κ1) is 19.5. The fourth-order valence-electron chi connectivity index (χ4n) is 3.86. The average Bonchev–Trinajstić information content (AvgIpc) is 2.95. The van der Waals surface area contributed by atoms with Gasteiger partial charge in [0.15, 0.2) is 0 Å². The number of rotatable bonds is 7. The van der Waals surface area contributed by atoms with Crippen LogP contribution in [0.25, 0.3) is 0 Å². The SMILES string of the molecule is COC[C@H]1CCCN1C(C=C(C)C)CC(C)(C)c1ccc(Cl)cc1. The second-order valence-electron chi connectivity index (χ2n) is 7.90. The Bertz CT molecular complexity index is 545. The highest BCUT2D eigenvalue weighted by Crippen LogP contribution is 2.34. The van der Waals surface area contributed by atoms with Crippen molar-refractivity contribution in [1.29, 1.82) is 0 Å². The third kappa shape index (κ3) is 5.08. The highest BCUT2D eigenvalue weighted by Gasteiger charge is 2.33. The molecule has 24 heavy (non-hydrogen) atoms. The number of hydrogen-bond acceptors (Lipinski definition) is 2. The molecule has 0 N–H and O–H groups in total. The Morgan fingerprint density at radius 2 is 2.00 bits per heavy atom. The molecule has 0 radical (unpaired) electrons. The maximum absolute atomic E-state index is 6.06. The van der Waals surface area contributed by atoms with Crippen LogP contribution in [0.4, 0.5) is 0 Å². The van der Waals surface area contributed by atoms with Crippen LogP contribution in [0.1, 0.15) is 52.5 Å². The van der Waals surface area contributed by atoms with E-state index in [2.05, 4.69) is 50.8 Å². The number of ether oxygens (including phenoxy) is 1. The van der Waals surface area contributed by atoms with E-state index in [4.69, 9.17) is 16.3 Å². The molecule has 1 aromatic rings. The Balaban J connectivity index is 2.21. The van der Waals surface area contributed by atoms with Crippen molar-refractivity contribution in [3.8, 4) is 0 Å². The van der Waals surface area contributed by atoms with Gasteiger partial charge in [-0.05, 0) is 62.8 Å². The number of benzene rings is 1. The van der Waals surface area contributed by atoms with Gasteiger partial charge in [0, 0.05) is 24.2 Å². The van der Waals surface area contributed by atoms with Gasteiger partial charge in [-0.15, -0.1) is 0 Å². The summed E-state index contributed by atoms with van der Waals surface area (Å²) in [6, 6.07) is 9.31. The van der Waals surface area contributed by atoms with Gasteiger partial charge in [0.2, 0.25) is 0 Å². The molecule has 1 unspecified atom stereocenters. The van der Waals surface area contributed by atoms with Crippen molar-refractivity contribution < 1.29 is 4.74 Å². The minimum Gasteiger partial charge on any atom is -0.383 e. The van der Waals surface area contributed by atoms with E-state index < -0.39 is 0 Å². The fourth-order valence-corrected chi connectivity index (χ4v) is 3.99. The molecule has 2 atom stereocenters. The van der Waals surface area contributed by atoms with Crippen LogP contribution in [0.2, 0.25) is 5.02 Å². The van der Waals surface area contributed by atoms with Crippen LogP contribution in [0.5, 0.6) is 0 Å². The summed E-state index contributed by atoms with van der Waals surface area (Å²) in [7, 11) is 1.81. The number of halogens is 1. The molecule has 0 spiro atoms. The lowest BCUT2D eigenvalue weighted by Gasteiger charge is -2.37. The molecule has 1 aliphatic heterocycles. The number of likely N-dealkylation sites (tertiary alicyclic amines) is 1. The summed E-state index contributed by atoms with van der Waals surface area (Å²) in [5.41, 5.74) is 2.83. The molecular formula is C21H32ClNO. The molecule has 3 heteroatoms. The van der Waals surface area contributed by atoms with E-state index in [1.807, 2.05) is 19.2 Å². The third-order valence-electron chi connectivity index (χ3n) is 5.08. The molecule has 0 aliphatic carbocycles. The second kappa shape index (κ2) is 8.51. The predicted octanol–water partition coefficient (Wildman–Crippen LogP) is 5.45. The number of nitrogens with zero attached hydrogens (tertiary/aromatic N) is 1. The zero-order chi connectivity index (χ0) is 17.7. The molecule has 1 aliphatic rings. The molecule has 1 saturated heterocycles. The molecule has 0 aromatic heterocycles. The molecule has 2 nitrogen and oxygen atoms in total. The molecule has 0 saturated carbocycles. The van der Waals surface area contributed by atoms with Gasteiger partial charge >= 0.3 is 0 Å². The van der Waals surface area contributed by atoms with Crippen LogP contribution in [-0.2, 0) is 10.2 Å². The standard InChI is InChI=1S/C21H32ClNO/c1-16(2)13-20(23-12-6-7-19(23)15-24-5)14-21(3,4)17-8-10-18(22)11-9-17/h8-11,13,19-20H,6-7,12,14-15H2,1-5H3/t19-,20?/m1/s1. The van der Waals surface area contributed by atoms with Crippen molar-refractivity contribution in [3.63, 3.8) is 0 Å². The predicted molar refractivity (Wildman–Crippen MR) is 104 cm³/mol. The zero-order valence-corrected chi connectivity index (χ0v) is 16.6. The van der Waals surface area contributed by atoms with Gasteiger partial charge in [-0.1, -0.05) is 49.2 Å². The van der Waals surface area contributed by atoms with Gasteiger partial charge in [-0.3, -0.25) is 4.90 Å². The van der Waals surface area contributed by atoms with Crippen molar-refractivity contribution in [2.24, 2.45) is 0 Å². The maximum Gasteiger partial charge on any atom is 0.0618 e. The molecular weight excluding hydrogens is 318 g/mol. The van der Waals surface area contributed by atoms with Crippen molar-refractivity contribution in [3.05, 3.63) is 46.5 Å². The van der Waals surface area contributed by atoms with Gasteiger partial charge in [0.05, 0.1) is 6.61 Å². The van der Waals surface area contributed by atoms with Crippen LogP contribution >= 0.6 is 11.6 Å². The van der Waals surface area contributed by atoms with Crippen LogP contribution in [0, 0.1) is 0 Å². The minimum atomic E-state index is 0.0986. The van der Waals surface area contributed by atoms with Gasteiger partial charge in [0.25, 0.3) is 0 Å². The Morgan fingerprint density at radius 1 is 1.33 bits per heavy atom. The van der Waals surface area contributed by atoms with E-state index in [9.17, 15) is 0 Å². The molecule has 134 valence electrons. The number of allylic oxidation sites excluding steroid dienone is 1. The zero-order valence-electron chi connectivity index (χ0n) is 15.8. The van der Waals surface area contributed by atoms with Crippen LogP contribution in [0.15, 0.2) is 35.9 Å². The van der Waals surface area contributed by atoms with E-state index in [1.165, 1.54) is 30.5 Å². The molecule has 0 amide bonds.